The van der Waals surface area contributed by atoms with Gasteiger partial charge in [-0.25, -0.2) is 0 Å². The Bertz CT molecular complexity index is 196. The fourth-order valence-electron chi connectivity index (χ4n) is 1.92. The third-order valence-electron chi connectivity index (χ3n) is 2.90. The molecule has 96 valence electrons. The van der Waals surface area contributed by atoms with Gasteiger partial charge < -0.3 is 10.6 Å². The van der Waals surface area contributed by atoms with E-state index < -0.39 is 0 Å². The van der Waals surface area contributed by atoms with Gasteiger partial charge in [0, 0.05) is 12.6 Å². The predicted molar refractivity (Wildman–Crippen MR) is 69.1 cm³/mol. The quantitative estimate of drug-likeness (QED) is 0.751. The van der Waals surface area contributed by atoms with Crippen LogP contribution in [-0.2, 0) is 4.79 Å². The molecule has 4 nitrogen and oxygen atoms in total. The fraction of sp³-hybridized carbons (Fsp3) is 0.909. The normalized spacial score (nSPS) is 16.9. The van der Waals surface area contributed by atoms with Crippen molar-refractivity contribution in [3.63, 3.8) is 0 Å². The lowest BCUT2D eigenvalue weighted by Gasteiger charge is -2.31. The van der Waals surface area contributed by atoms with Crippen LogP contribution in [0.1, 0.15) is 26.2 Å². The van der Waals surface area contributed by atoms with Gasteiger partial charge in [0.15, 0.2) is 0 Å². The van der Waals surface area contributed by atoms with Gasteiger partial charge in [-0.05, 0) is 39.4 Å². The molecule has 1 fully saturated rings. The second kappa shape index (κ2) is 8.79. The van der Waals surface area contributed by atoms with E-state index in [0.29, 0.717) is 12.6 Å². The molecule has 0 aromatic carbocycles. The lowest BCUT2D eigenvalue weighted by Crippen LogP contribution is -2.45. The lowest BCUT2D eigenvalue weighted by molar-refractivity contribution is -0.122. The topological polar surface area (TPSA) is 44.4 Å². The summed E-state index contributed by atoms with van der Waals surface area (Å²) < 4.78 is 0. The highest BCUT2D eigenvalue weighted by Gasteiger charge is 2.19. The number of carbonyl (C=O) groups excluding carboxylic acids is 1. The Balaban J connectivity index is 0.00000225. The van der Waals surface area contributed by atoms with Crippen LogP contribution in [0.25, 0.3) is 0 Å². The van der Waals surface area contributed by atoms with Gasteiger partial charge in [0.25, 0.3) is 0 Å². The SMILES string of the molecule is CCCNC(=O)CN(C)C1CCNCC1.Cl. The highest BCUT2D eigenvalue weighted by Crippen LogP contribution is 2.08. The maximum atomic E-state index is 11.5. The Hall–Kier alpha value is -0.320. The Morgan fingerprint density at radius 1 is 1.44 bits per heavy atom. The van der Waals surface area contributed by atoms with E-state index in [9.17, 15) is 4.79 Å². The van der Waals surface area contributed by atoms with Gasteiger partial charge >= 0.3 is 0 Å². The van der Waals surface area contributed by atoms with Crippen molar-refractivity contribution >= 4 is 18.3 Å². The maximum absolute atomic E-state index is 11.5. The summed E-state index contributed by atoms with van der Waals surface area (Å²) in [6.07, 6.45) is 3.30. The van der Waals surface area contributed by atoms with Gasteiger partial charge in [0.05, 0.1) is 6.54 Å². The summed E-state index contributed by atoms with van der Waals surface area (Å²) in [5.41, 5.74) is 0. The minimum Gasteiger partial charge on any atom is -0.355 e. The van der Waals surface area contributed by atoms with E-state index in [2.05, 4.69) is 22.5 Å². The minimum absolute atomic E-state index is 0. The average Bonchev–Trinajstić information content (AvgIpc) is 2.27. The predicted octanol–water partition coefficient (Wildman–Crippen LogP) is 0.618. The number of halogens is 1. The Kier molecular flexibility index (Phi) is 8.61. The lowest BCUT2D eigenvalue weighted by atomic mass is 10.1. The molecule has 0 spiro atoms. The van der Waals surface area contributed by atoms with Crippen molar-refractivity contribution < 1.29 is 4.79 Å². The molecule has 2 N–H and O–H groups in total. The van der Waals surface area contributed by atoms with Gasteiger partial charge in [0.2, 0.25) is 5.91 Å². The first kappa shape index (κ1) is 15.7. The number of likely N-dealkylation sites (N-methyl/N-ethyl adjacent to an activating group) is 1. The number of nitrogens with one attached hydrogen (secondary N) is 2. The van der Waals surface area contributed by atoms with Crippen molar-refractivity contribution in [2.24, 2.45) is 0 Å². The zero-order valence-electron chi connectivity index (χ0n) is 10.3. The number of hydrogen-bond donors (Lipinski definition) is 2. The molecule has 16 heavy (non-hydrogen) atoms. The molecular weight excluding hydrogens is 226 g/mol. The molecule has 0 aromatic heterocycles. The third-order valence-corrected chi connectivity index (χ3v) is 2.90. The molecule has 1 saturated heterocycles. The first-order valence-corrected chi connectivity index (χ1v) is 5.91. The van der Waals surface area contributed by atoms with Crippen LogP contribution in [0.3, 0.4) is 0 Å². The summed E-state index contributed by atoms with van der Waals surface area (Å²) in [5, 5.41) is 6.24. The van der Waals surface area contributed by atoms with E-state index in [1.807, 2.05) is 7.05 Å². The fourth-order valence-corrected chi connectivity index (χ4v) is 1.92. The number of piperidine rings is 1. The van der Waals surface area contributed by atoms with Crippen molar-refractivity contribution in [1.29, 1.82) is 0 Å². The van der Waals surface area contributed by atoms with Crippen LogP contribution in [0, 0.1) is 0 Å². The first-order chi connectivity index (χ1) is 7.24. The van der Waals surface area contributed by atoms with Gasteiger partial charge in [-0.1, -0.05) is 6.92 Å². The van der Waals surface area contributed by atoms with Crippen molar-refractivity contribution in [3.05, 3.63) is 0 Å². The van der Waals surface area contributed by atoms with Gasteiger partial charge in [-0.2, -0.15) is 0 Å². The molecule has 0 aromatic rings. The summed E-state index contributed by atoms with van der Waals surface area (Å²) in [6.45, 7) is 5.54. The third kappa shape index (κ3) is 5.68. The molecular formula is C11H24ClN3O. The van der Waals surface area contributed by atoms with Crippen LogP contribution in [0.15, 0.2) is 0 Å². The molecule has 0 saturated carbocycles. The molecule has 0 bridgehead atoms. The monoisotopic (exact) mass is 249 g/mol. The Labute approximate surface area is 105 Å². The van der Waals surface area contributed by atoms with Crippen molar-refractivity contribution in [1.82, 2.24) is 15.5 Å². The van der Waals surface area contributed by atoms with Crippen LogP contribution in [0.5, 0.6) is 0 Å². The van der Waals surface area contributed by atoms with E-state index in [0.717, 1.165) is 38.9 Å². The van der Waals surface area contributed by atoms with Crippen LogP contribution in [0.2, 0.25) is 0 Å². The molecule has 1 aliphatic heterocycles. The maximum Gasteiger partial charge on any atom is 0.234 e. The number of hydrogen-bond acceptors (Lipinski definition) is 3. The zero-order chi connectivity index (χ0) is 11.1. The number of rotatable bonds is 5. The molecule has 1 heterocycles. The smallest absolute Gasteiger partial charge is 0.234 e. The second-order valence-corrected chi connectivity index (χ2v) is 4.25. The van der Waals surface area contributed by atoms with Gasteiger partial charge in [0.1, 0.15) is 0 Å². The molecule has 0 unspecified atom stereocenters. The van der Waals surface area contributed by atoms with Crippen LogP contribution in [-0.4, -0.2) is 50.1 Å². The van der Waals surface area contributed by atoms with Crippen molar-refractivity contribution in [3.8, 4) is 0 Å². The van der Waals surface area contributed by atoms with Crippen LogP contribution >= 0.6 is 12.4 Å². The second-order valence-electron chi connectivity index (χ2n) is 4.25. The summed E-state index contributed by atoms with van der Waals surface area (Å²) in [4.78, 5) is 13.7. The summed E-state index contributed by atoms with van der Waals surface area (Å²) in [5.74, 6) is 0.151. The summed E-state index contributed by atoms with van der Waals surface area (Å²) in [7, 11) is 2.04. The molecule has 0 atom stereocenters. The average molecular weight is 250 g/mol. The van der Waals surface area contributed by atoms with Crippen LogP contribution in [0.4, 0.5) is 0 Å². The zero-order valence-corrected chi connectivity index (χ0v) is 11.1. The number of nitrogens with zero attached hydrogens (tertiary/aromatic N) is 1. The molecule has 1 amide bonds. The molecule has 1 aliphatic rings. The highest BCUT2D eigenvalue weighted by molar-refractivity contribution is 5.85. The number of amides is 1. The van der Waals surface area contributed by atoms with E-state index in [1.165, 1.54) is 0 Å². The summed E-state index contributed by atoms with van der Waals surface area (Å²) >= 11 is 0. The standard InChI is InChI=1S/C11H23N3O.ClH/c1-3-6-13-11(15)9-14(2)10-4-7-12-8-5-10;/h10,12H,3-9H2,1-2H3,(H,13,15);1H. The minimum atomic E-state index is 0. The highest BCUT2D eigenvalue weighted by atomic mass is 35.5. The largest absolute Gasteiger partial charge is 0.355 e. The van der Waals surface area contributed by atoms with E-state index in [1.54, 1.807) is 0 Å². The van der Waals surface area contributed by atoms with Crippen LogP contribution < -0.4 is 10.6 Å². The Morgan fingerprint density at radius 3 is 2.62 bits per heavy atom. The number of carbonyl (C=O) groups is 1. The molecule has 0 aliphatic carbocycles. The molecule has 0 radical (unpaired) electrons. The van der Waals surface area contributed by atoms with Crippen molar-refractivity contribution in [2.75, 3.05) is 33.2 Å². The van der Waals surface area contributed by atoms with Crippen molar-refractivity contribution in [2.45, 2.75) is 32.2 Å². The molecule has 5 heteroatoms. The van der Waals surface area contributed by atoms with E-state index in [-0.39, 0.29) is 18.3 Å². The van der Waals surface area contributed by atoms with Gasteiger partial charge in [-0.3, -0.25) is 9.69 Å². The summed E-state index contributed by atoms with van der Waals surface area (Å²) in [6, 6.07) is 0.568. The van der Waals surface area contributed by atoms with E-state index in [4.69, 9.17) is 0 Å². The van der Waals surface area contributed by atoms with E-state index >= 15 is 0 Å². The Morgan fingerprint density at radius 2 is 2.06 bits per heavy atom. The molecule has 1 rings (SSSR count). The first-order valence-electron chi connectivity index (χ1n) is 5.91. The van der Waals surface area contributed by atoms with Gasteiger partial charge in [-0.15, -0.1) is 12.4 Å².